The minimum atomic E-state index is -0.526. The maximum atomic E-state index is 11.7. The summed E-state index contributed by atoms with van der Waals surface area (Å²) < 4.78 is 1.55. The Labute approximate surface area is 138 Å². The van der Waals surface area contributed by atoms with E-state index in [-0.39, 0.29) is 19.0 Å². The van der Waals surface area contributed by atoms with Gasteiger partial charge < -0.3 is 16.0 Å². The molecule has 3 N–H and O–H groups in total. The second-order valence-electron chi connectivity index (χ2n) is 5.03. The molecule has 0 aliphatic carbocycles. The van der Waals surface area contributed by atoms with Gasteiger partial charge in [-0.15, -0.1) is 0 Å². The highest BCUT2D eigenvalue weighted by atomic mass is 35.5. The number of amides is 3. The first-order chi connectivity index (χ1) is 10.9. The molecular weight excluding hydrogens is 320 g/mol. The van der Waals surface area contributed by atoms with E-state index in [1.54, 1.807) is 43.0 Å². The van der Waals surface area contributed by atoms with Crippen LogP contribution in [0, 0.1) is 0 Å². The predicted molar refractivity (Wildman–Crippen MR) is 85.2 cm³/mol. The van der Waals surface area contributed by atoms with Gasteiger partial charge in [0, 0.05) is 19.1 Å². The number of nitrogens with two attached hydrogens (primary N) is 1. The van der Waals surface area contributed by atoms with E-state index in [0.717, 1.165) is 0 Å². The van der Waals surface area contributed by atoms with Gasteiger partial charge in [-0.3, -0.25) is 4.79 Å². The van der Waals surface area contributed by atoms with Crippen LogP contribution in [0.1, 0.15) is 11.6 Å². The van der Waals surface area contributed by atoms with Crippen molar-refractivity contribution in [3.63, 3.8) is 0 Å². The van der Waals surface area contributed by atoms with E-state index in [9.17, 15) is 9.59 Å². The van der Waals surface area contributed by atoms with Gasteiger partial charge >= 0.3 is 6.03 Å². The van der Waals surface area contributed by atoms with Gasteiger partial charge in [-0.25, -0.2) is 14.5 Å². The largest absolute Gasteiger partial charge is 0.369 e. The number of aromatic nitrogens is 3. The third-order valence-corrected chi connectivity index (χ3v) is 3.18. The molecule has 0 aliphatic heterocycles. The van der Waals surface area contributed by atoms with Gasteiger partial charge in [0.05, 0.1) is 18.7 Å². The molecule has 9 heteroatoms. The molecule has 0 radical (unpaired) electrons. The summed E-state index contributed by atoms with van der Waals surface area (Å²) in [6.45, 7) is 0.158. The molecule has 3 amide bonds. The van der Waals surface area contributed by atoms with Crippen molar-refractivity contribution in [3.05, 3.63) is 40.9 Å². The number of nitrogens with one attached hydrogen (secondary N) is 1. The molecule has 122 valence electrons. The Morgan fingerprint density at radius 3 is 2.52 bits per heavy atom. The SMILES string of the molecule is CN(C)C(=O)NCc1nc(CC(N)=O)nn1-c1ccc(Cl)cc1. The van der Waals surface area contributed by atoms with Crippen molar-refractivity contribution in [2.75, 3.05) is 14.1 Å². The van der Waals surface area contributed by atoms with Crippen molar-refractivity contribution >= 4 is 23.5 Å². The highest BCUT2D eigenvalue weighted by Crippen LogP contribution is 2.15. The molecule has 8 nitrogen and oxygen atoms in total. The zero-order valence-electron chi connectivity index (χ0n) is 12.8. The van der Waals surface area contributed by atoms with Crippen LogP contribution in [0.25, 0.3) is 5.69 Å². The van der Waals surface area contributed by atoms with Crippen molar-refractivity contribution in [1.82, 2.24) is 25.0 Å². The van der Waals surface area contributed by atoms with Gasteiger partial charge in [0.15, 0.2) is 11.6 Å². The first kappa shape index (κ1) is 16.8. The van der Waals surface area contributed by atoms with E-state index in [2.05, 4.69) is 15.4 Å². The molecule has 0 aliphatic rings. The van der Waals surface area contributed by atoms with Crippen molar-refractivity contribution < 1.29 is 9.59 Å². The number of hydrogen-bond acceptors (Lipinski definition) is 4. The summed E-state index contributed by atoms with van der Waals surface area (Å²) in [7, 11) is 3.27. The Balaban J connectivity index is 2.30. The first-order valence-corrected chi connectivity index (χ1v) is 7.19. The van der Waals surface area contributed by atoms with Crippen molar-refractivity contribution in [3.8, 4) is 5.69 Å². The fourth-order valence-electron chi connectivity index (χ4n) is 1.84. The van der Waals surface area contributed by atoms with E-state index >= 15 is 0 Å². The number of hydrogen-bond donors (Lipinski definition) is 2. The van der Waals surface area contributed by atoms with Crippen LogP contribution in [0.3, 0.4) is 0 Å². The van der Waals surface area contributed by atoms with Crippen LogP contribution in [0.4, 0.5) is 4.79 Å². The number of nitrogens with zero attached hydrogens (tertiary/aromatic N) is 4. The maximum absolute atomic E-state index is 11.7. The van der Waals surface area contributed by atoms with Gasteiger partial charge in [-0.1, -0.05) is 11.6 Å². The van der Waals surface area contributed by atoms with Crippen molar-refractivity contribution in [1.29, 1.82) is 0 Å². The molecule has 0 saturated carbocycles. The third-order valence-electron chi connectivity index (χ3n) is 2.93. The number of rotatable bonds is 5. The van der Waals surface area contributed by atoms with Crippen LogP contribution in [-0.4, -0.2) is 45.7 Å². The van der Waals surface area contributed by atoms with Crippen LogP contribution in [0.5, 0.6) is 0 Å². The Morgan fingerprint density at radius 2 is 1.96 bits per heavy atom. The number of carbonyl (C=O) groups excluding carboxylic acids is 2. The summed E-state index contributed by atoms with van der Waals surface area (Å²) in [6.07, 6.45) is -0.0742. The van der Waals surface area contributed by atoms with E-state index < -0.39 is 5.91 Å². The summed E-state index contributed by atoms with van der Waals surface area (Å²) in [5.74, 6) is 0.252. The van der Waals surface area contributed by atoms with Crippen molar-refractivity contribution in [2.45, 2.75) is 13.0 Å². The first-order valence-electron chi connectivity index (χ1n) is 6.81. The highest BCUT2D eigenvalue weighted by Gasteiger charge is 2.14. The van der Waals surface area contributed by atoms with Gasteiger partial charge in [0.1, 0.15) is 0 Å². The van der Waals surface area contributed by atoms with Crippen LogP contribution in [0.2, 0.25) is 5.02 Å². The number of urea groups is 1. The topological polar surface area (TPSA) is 106 Å². The fourth-order valence-corrected chi connectivity index (χ4v) is 1.96. The molecule has 0 atom stereocenters. The molecule has 23 heavy (non-hydrogen) atoms. The number of carbonyl (C=O) groups is 2. The number of primary amides is 1. The zero-order chi connectivity index (χ0) is 17.0. The highest BCUT2D eigenvalue weighted by molar-refractivity contribution is 6.30. The molecule has 1 aromatic heterocycles. The van der Waals surface area contributed by atoms with Crippen LogP contribution < -0.4 is 11.1 Å². The zero-order valence-corrected chi connectivity index (χ0v) is 13.5. The molecule has 1 aromatic carbocycles. The lowest BCUT2D eigenvalue weighted by Crippen LogP contribution is -2.34. The van der Waals surface area contributed by atoms with Crippen LogP contribution in [0.15, 0.2) is 24.3 Å². The molecular formula is C14H17ClN6O2. The molecule has 0 spiro atoms. The summed E-state index contributed by atoms with van der Waals surface area (Å²) >= 11 is 5.88. The minimum Gasteiger partial charge on any atom is -0.369 e. The smallest absolute Gasteiger partial charge is 0.317 e. The molecule has 0 fully saturated rings. The van der Waals surface area contributed by atoms with Crippen LogP contribution >= 0.6 is 11.6 Å². The van der Waals surface area contributed by atoms with Gasteiger partial charge in [0.2, 0.25) is 5.91 Å². The van der Waals surface area contributed by atoms with E-state index in [1.165, 1.54) is 4.90 Å². The van der Waals surface area contributed by atoms with E-state index in [4.69, 9.17) is 17.3 Å². The molecule has 0 saturated heterocycles. The van der Waals surface area contributed by atoms with Gasteiger partial charge in [-0.2, -0.15) is 5.10 Å². The Hall–Kier alpha value is -2.61. The van der Waals surface area contributed by atoms with E-state index in [0.29, 0.717) is 22.4 Å². The predicted octanol–water partition coefficient (Wildman–Crippen LogP) is 0.720. The minimum absolute atomic E-state index is 0.0742. The molecule has 0 unspecified atom stereocenters. The number of halogens is 1. The summed E-state index contributed by atoms with van der Waals surface area (Å²) in [6, 6.07) is 6.71. The van der Waals surface area contributed by atoms with Gasteiger partial charge in [0.25, 0.3) is 0 Å². The normalized spacial score (nSPS) is 10.4. The molecule has 0 bridgehead atoms. The Bertz CT molecular complexity index is 711. The van der Waals surface area contributed by atoms with Gasteiger partial charge in [-0.05, 0) is 24.3 Å². The molecule has 1 heterocycles. The third kappa shape index (κ3) is 4.43. The molecule has 2 rings (SSSR count). The average molecular weight is 337 g/mol. The van der Waals surface area contributed by atoms with Crippen molar-refractivity contribution in [2.24, 2.45) is 5.73 Å². The lowest BCUT2D eigenvalue weighted by atomic mass is 10.3. The number of benzene rings is 1. The summed E-state index contributed by atoms with van der Waals surface area (Å²) in [4.78, 5) is 28.4. The Kier molecular flexibility index (Phi) is 5.17. The molecule has 2 aromatic rings. The lowest BCUT2D eigenvalue weighted by Gasteiger charge is -2.12. The fraction of sp³-hybridized carbons (Fsp3) is 0.286. The quantitative estimate of drug-likeness (QED) is 0.839. The monoisotopic (exact) mass is 336 g/mol. The second kappa shape index (κ2) is 7.10. The average Bonchev–Trinajstić information content (AvgIpc) is 2.87. The maximum Gasteiger partial charge on any atom is 0.317 e. The lowest BCUT2D eigenvalue weighted by molar-refractivity contribution is -0.117. The second-order valence-corrected chi connectivity index (χ2v) is 5.47. The Morgan fingerprint density at radius 1 is 1.30 bits per heavy atom. The standard InChI is InChI=1S/C14H17ClN6O2/c1-20(2)14(23)17-8-13-18-12(7-11(16)22)19-21(13)10-5-3-9(15)4-6-10/h3-6H,7-8H2,1-2H3,(H2,16,22)(H,17,23). The summed E-state index contributed by atoms with van der Waals surface area (Å²) in [5, 5.41) is 7.57. The van der Waals surface area contributed by atoms with E-state index in [1.807, 2.05) is 0 Å². The van der Waals surface area contributed by atoms with Crippen LogP contribution in [-0.2, 0) is 17.8 Å². The summed E-state index contributed by atoms with van der Waals surface area (Å²) in [5.41, 5.74) is 5.90.